The average molecular weight is 394 g/mol. The van der Waals surface area contributed by atoms with E-state index in [1.807, 2.05) is 42.5 Å². The lowest BCUT2D eigenvalue weighted by Crippen LogP contribution is -2.15. The van der Waals surface area contributed by atoms with Crippen LogP contribution in [-0.2, 0) is 19.6 Å². The van der Waals surface area contributed by atoms with E-state index >= 15 is 0 Å². The molecule has 4 rings (SSSR count). The summed E-state index contributed by atoms with van der Waals surface area (Å²) in [6.07, 6.45) is 0. The number of rotatable bonds is 4. The van der Waals surface area contributed by atoms with Crippen LogP contribution < -0.4 is 4.74 Å². The van der Waals surface area contributed by atoms with Crippen molar-refractivity contribution in [3.63, 3.8) is 0 Å². The minimum Gasteiger partial charge on any atom is -0.457 e. The topological polar surface area (TPSA) is 12.5 Å². The number of halogens is 1. The highest BCUT2D eigenvalue weighted by Gasteiger charge is 2.21. The first-order valence-electron chi connectivity index (χ1n) is 8.49. The van der Waals surface area contributed by atoms with Crippen LogP contribution in [0.25, 0.3) is 0 Å². The summed E-state index contributed by atoms with van der Waals surface area (Å²) >= 11 is 3.61. The Bertz CT molecular complexity index is 875. The Labute approximate surface area is 157 Å². The largest absolute Gasteiger partial charge is 0.457 e. The van der Waals surface area contributed by atoms with Crippen LogP contribution in [0.3, 0.4) is 0 Å². The summed E-state index contributed by atoms with van der Waals surface area (Å²) in [6, 6.07) is 22.8. The second-order valence-corrected chi connectivity index (χ2v) is 7.48. The molecule has 0 saturated carbocycles. The number of nitrogens with zero attached hydrogens (tertiary/aromatic N) is 1. The Kier molecular flexibility index (Phi) is 4.60. The molecule has 0 unspecified atom stereocenters. The summed E-state index contributed by atoms with van der Waals surface area (Å²) < 4.78 is 7.04. The van der Waals surface area contributed by atoms with Crippen molar-refractivity contribution < 1.29 is 4.74 Å². The molecule has 2 nitrogen and oxygen atoms in total. The molecule has 3 heteroatoms. The predicted octanol–water partition coefficient (Wildman–Crippen LogP) is 6.07. The van der Waals surface area contributed by atoms with Crippen molar-refractivity contribution >= 4 is 15.9 Å². The molecule has 0 fully saturated rings. The molecule has 0 spiro atoms. The van der Waals surface area contributed by atoms with E-state index in [0.717, 1.165) is 31.1 Å². The first-order valence-corrected chi connectivity index (χ1v) is 9.29. The molecule has 25 heavy (non-hydrogen) atoms. The number of hydrogen-bond acceptors (Lipinski definition) is 2. The molecule has 0 radical (unpaired) electrons. The summed E-state index contributed by atoms with van der Waals surface area (Å²) in [4.78, 5) is 2.48. The maximum atomic E-state index is 5.86. The lowest BCUT2D eigenvalue weighted by atomic mass is 10.1. The highest BCUT2D eigenvalue weighted by molar-refractivity contribution is 9.10. The van der Waals surface area contributed by atoms with Crippen molar-refractivity contribution in [1.82, 2.24) is 4.90 Å². The van der Waals surface area contributed by atoms with E-state index in [9.17, 15) is 0 Å². The molecule has 0 aliphatic carbocycles. The van der Waals surface area contributed by atoms with Gasteiger partial charge in [-0.3, -0.25) is 4.90 Å². The van der Waals surface area contributed by atoms with Gasteiger partial charge in [-0.1, -0.05) is 46.3 Å². The number of fused-ring (bicyclic) bond motifs is 1. The van der Waals surface area contributed by atoms with Gasteiger partial charge in [0.15, 0.2) is 0 Å². The number of benzene rings is 3. The zero-order valence-corrected chi connectivity index (χ0v) is 15.8. The summed E-state index contributed by atoms with van der Waals surface area (Å²) in [7, 11) is 0. The molecular weight excluding hydrogens is 374 g/mol. The third kappa shape index (κ3) is 3.78. The Hall–Kier alpha value is -2.10. The molecule has 0 aromatic heterocycles. The molecule has 0 bridgehead atoms. The van der Waals surface area contributed by atoms with Crippen molar-refractivity contribution in [3.05, 3.63) is 93.5 Å². The number of hydrogen-bond donors (Lipinski definition) is 0. The van der Waals surface area contributed by atoms with E-state index in [1.165, 1.54) is 26.7 Å². The van der Waals surface area contributed by atoms with Crippen LogP contribution in [0.15, 0.2) is 71.2 Å². The van der Waals surface area contributed by atoms with Crippen molar-refractivity contribution in [2.75, 3.05) is 0 Å². The molecule has 0 N–H and O–H groups in total. The fourth-order valence-corrected chi connectivity index (χ4v) is 4.01. The van der Waals surface area contributed by atoms with Gasteiger partial charge in [-0.25, -0.2) is 0 Å². The minimum atomic E-state index is 0.867. The van der Waals surface area contributed by atoms with Crippen molar-refractivity contribution in [2.45, 2.75) is 26.6 Å². The molecule has 126 valence electrons. The standard InChI is InChI=1S/C22H20BrNO/c1-16-11-19(23)12-18-14-24(15-22(16)18)13-17-7-9-21(10-8-17)25-20-5-3-2-4-6-20/h2-12H,13-15H2,1H3. The number of aryl methyl sites for hydroxylation is 1. The maximum absolute atomic E-state index is 5.86. The van der Waals surface area contributed by atoms with Crippen LogP contribution in [0, 0.1) is 6.92 Å². The maximum Gasteiger partial charge on any atom is 0.127 e. The summed E-state index contributed by atoms with van der Waals surface area (Å²) in [5.41, 5.74) is 5.60. The quantitative estimate of drug-likeness (QED) is 0.533. The Balaban J connectivity index is 1.42. The van der Waals surface area contributed by atoms with E-state index < -0.39 is 0 Å². The second-order valence-electron chi connectivity index (χ2n) is 6.56. The first kappa shape index (κ1) is 16.4. The first-order chi connectivity index (χ1) is 12.2. The van der Waals surface area contributed by atoms with Crippen LogP contribution >= 0.6 is 15.9 Å². The fraction of sp³-hybridized carbons (Fsp3) is 0.182. The van der Waals surface area contributed by atoms with Crippen LogP contribution in [0.1, 0.15) is 22.3 Å². The molecule has 1 aliphatic heterocycles. The monoisotopic (exact) mass is 393 g/mol. The van der Waals surface area contributed by atoms with E-state index in [0.29, 0.717) is 0 Å². The molecule has 0 atom stereocenters. The Morgan fingerprint density at radius 3 is 2.40 bits per heavy atom. The fourth-order valence-electron chi connectivity index (χ4n) is 3.39. The van der Waals surface area contributed by atoms with Crippen LogP contribution in [-0.4, -0.2) is 4.90 Å². The van der Waals surface area contributed by atoms with Gasteiger partial charge in [0.05, 0.1) is 0 Å². The number of ether oxygens (including phenoxy) is 1. The minimum absolute atomic E-state index is 0.867. The zero-order valence-electron chi connectivity index (χ0n) is 14.2. The second kappa shape index (κ2) is 7.03. The summed E-state index contributed by atoms with van der Waals surface area (Å²) in [6.45, 7) is 5.19. The van der Waals surface area contributed by atoms with Gasteiger partial charge < -0.3 is 4.74 Å². The van der Waals surface area contributed by atoms with Crippen molar-refractivity contribution in [1.29, 1.82) is 0 Å². The molecular formula is C22H20BrNO. The molecule has 1 heterocycles. The van der Waals surface area contributed by atoms with Gasteiger partial charge in [0.25, 0.3) is 0 Å². The van der Waals surface area contributed by atoms with Crippen molar-refractivity contribution in [3.8, 4) is 11.5 Å². The SMILES string of the molecule is Cc1cc(Br)cc2c1CN(Cc1ccc(Oc3ccccc3)cc1)C2. The molecule has 3 aromatic carbocycles. The zero-order chi connectivity index (χ0) is 17.2. The van der Waals surface area contributed by atoms with E-state index in [2.05, 4.69) is 52.0 Å². The third-order valence-corrected chi connectivity index (χ3v) is 5.07. The van der Waals surface area contributed by atoms with Gasteiger partial charge in [0.1, 0.15) is 11.5 Å². The van der Waals surface area contributed by atoms with E-state index in [1.54, 1.807) is 0 Å². The molecule has 0 amide bonds. The Morgan fingerprint density at radius 1 is 0.920 bits per heavy atom. The van der Waals surface area contributed by atoms with Gasteiger partial charge in [-0.05, 0) is 65.6 Å². The molecule has 0 saturated heterocycles. The van der Waals surface area contributed by atoms with Crippen LogP contribution in [0.2, 0.25) is 0 Å². The normalized spacial score (nSPS) is 13.7. The van der Waals surface area contributed by atoms with Crippen LogP contribution in [0.5, 0.6) is 11.5 Å². The highest BCUT2D eigenvalue weighted by Crippen LogP contribution is 2.30. The smallest absolute Gasteiger partial charge is 0.127 e. The van der Waals surface area contributed by atoms with E-state index in [-0.39, 0.29) is 0 Å². The molecule has 3 aromatic rings. The lowest BCUT2D eigenvalue weighted by Gasteiger charge is -2.15. The van der Waals surface area contributed by atoms with Crippen LogP contribution in [0.4, 0.5) is 0 Å². The summed E-state index contributed by atoms with van der Waals surface area (Å²) in [5.74, 6) is 1.74. The van der Waals surface area contributed by atoms with Gasteiger partial charge in [-0.2, -0.15) is 0 Å². The number of para-hydroxylation sites is 1. The average Bonchev–Trinajstić information content (AvgIpc) is 3.00. The van der Waals surface area contributed by atoms with E-state index in [4.69, 9.17) is 4.74 Å². The van der Waals surface area contributed by atoms with Crippen molar-refractivity contribution in [2.24, 2.45) is 0 Å². The van der Waals surface area contributed by atoms with Gasteiger partial charge in [0, 0.05) is 24.1 Å². The Morgan fingerprint density at radius 2 is 1.64 bits per heavy atom. The van der Waals surface area contributed by atoms with Gasteiger partial charge >= 0.3 is 0 Å². The summed E-state index contributed by atoms with van der Waals surface area (Å²) in [5, 5.41) is 0. The van der Waals surface area contributed by atoms with Gasteiger partial charge in [-0.15, -0.1) is 0 Å². The highest BCUT2D eigenvalue weighted by atomic mass is 79.9. The molecule has 1 aliphatic rings. The predicted molar refractivity (Wildman–Crippen MR) is 105 cm³/mol. The lowest BCUT2D eigenvalue weighted by molar-refractivity contribution is 0.275. The van der Waals surface area contributed by atoms with Gasteiger partial charge in [0.2, 0.25) is 0 Å². The third-order valence-electron chi connectivity index (χ3n) is 4.61.